The maximum absolute atomic E-state index is 12.9. The molecule has 1 aliphatic heterocycles. The highest BCUT2D eigenvalue weighted by Gasteiger charge is 2.37. The minimum Gasteiger partial charge on any atom is -0.313 e. The third-order valence-electron chi connectivity index (χ3n) is 3.45. The second kappa shape index (κ2) is 4.69. The molecular weight excluding hydrogens is 227 g/mol. The third-order valence-corrected chi connectivity index (χ3v) is 3.45. The number of hydrogen-bond acceptors (Lipinski definition) is 1. The zero-order valence-electron chi connectivity index (χ0n) is 9.72. The van der Waals surface area contributed by atoms with E-state index in [9.17, 15) is 13.2 Å². The predicted octanol–water partition coefficient (Wildman–Crippen LogP) is 3.56. The monoisotopic (exact) mass is 243 g/mol. The van der Waals surface area contributed by atoms with E-state index >= 15 is 0 Å². The lowest BCUT2D eigenvalue weighted by Gasteiger charge is -2.22. The Balaban J connectivity index is 2.38. The fourth-order valence-electron chi connectivity index (χ4n) is 2.65. The summed E-state index contributed by atoms with van der Waals surface area (Å²) in [5.41, 5.74) is -0.0380. The van der Waals surface area contributed by atoms with E-state index in [1.165, 1.54) is 12.1 Å². The molecule has 0 bridgehead atoms. The van der Waals surface area contributed by atoms with Gasteiger partial charge in [-0.05, 0) is 31.0 Å². The van der Waals surface area contributed by atoms with Crippen LogP contribution in [-0.2, 0) is 6.18 Å². The van der Waals surface area contributed by atoms with Crippen LogP contribution in [0.2, 0.25) is 0 Å². The van der Waals surface area contributed by atoms with E-state index in [-0.39, 0.29) is 12.0 Å². The maximum atomic E-state index is 12.9. The first-order valence-corrected chi connectivity index (χ1v) is 5.93. The zero-order valence-corrected chi connectivity index (χ0v) is 9.72. The first-order valence-electron chi connectivity index (χ1n) is 5.93. The molecule has 0 aromatic heterocycles. The molecule has 0 amide bonds. The summed E-state index contributed by atoms with van der Waals surface area (Å²) in [5, 5.41) is 3.27. The summed E-state index contributed by atoms with van der Waals surface area (Å²) >= 11 is 0. The van der Waals surface area contributed by atoms with Crippen LogP contribution in [0.4, 0.5) is 13.2 Å². The van der Waals surface area contributed by atoms with Gasteiger partial charge in [-0.2, -0.15) is 13.2 Å². The number of rotatable bonds is 2. The minimum atomic E-state index is -4.25. The van der Waals surface area contributed by atoms with E-state index in [1.807, 2.05) is 6.92 Å². The fourth-order valence-corrected chi connectivity index (χ4v) is 2.65. The quantitative estimate of drug-likeness (QED) is 0.837. The fraction of sp³-hybridized carbons (Fsp3) is 0.538. The molecular formula is C13H16F3N. The van der Waals surface area contributed by atoms with Gasteiger partial charge in [-0.15, -0.1) is 0 Å². The van der Waals surface area contributed by atoms with Gasteiger partial charge >= 0.3 is 6.18 Å². The van der Waals surface area contributed by atoms with Crippen LogP contribution in [0.5, 0.6) is 0 Å². The molecule has 2 rings (SSSR count). The van der Waals surface area contributed by atoms with E-state index in [0.29, 0.717) is 5.56 Å². The van der Waals surface area contributed by atoms with Gasteiger partial charge in [0.1, 0.15) is 0 Å². The normalized spacial score (nSPS) is 25.2. The highest BCUT2D eigenvalue weighted by Crippen LogP contribution is 2.39. The van der Waals surface area contributed by atoms with Crippen LogP contribution in [0, 0.1) is 0 Å². The van der Waals surface area contributed by atoms with Gasteiger partial charge in [-0.1, -0.05) is 25.1 Å². The van der Waals surface area contributed by atoms with E-state index in [4.69, 9.17) is 0 Å². The van der Waals surface area contributed by atoms with Crippen molar-refractivity contribution in [3.63, 3.8) is 0 Å². The van der Waals surface area contributed by atoms with Crippen LogP contribution in [0.25, 0.3) is 0 Å². The first-order chi connectivity index (χ1) is 8.04. The zero-order chi connectivity index (χ0) is 12.5. The molecule has 17 heavy (non-hydrogen) atoms. The van der Waals surface area contributed by atoms with Crippen molar-refractivity contribution in [2.75, 3.05) is 6.54 Å². The van der Waals surface area contributed by atoms with Crippen molar-refractivity contribution >= 4 is 0 Å². The van der Waals surface area contributed by atoms with Crippen molar-refractivity contribution in [1.82, 2.24) is 5.32 Å². The van der Waals surface area contributed by atoms with Gasteiger partial charge in [0.2, 0.25) is 0 Å². The minimum absolute atomic E-state index is 0.0159. The lowest BCUT2D eigenvalue weighted by Crippen LogP contribution is -2.26. The molecule has 0 spiro atoms. The number of hydrogen-bond donors (Lipinski definition) is 1. The molecule has 1 N–H and O–H groups in total. The van der Waals surface area contributed by atoms with Crippen molar-refractivity contribution in [3.05, 3.63) is 35.4 Å². The summed E-state index contributed by atoms with van der Waals surface area (Å²) in [6.07, 6.45) is -2.61. The average molecular weight is 243 g/mol. The van der Waals surface area contributed by atoms with Gasteiger partial charge in [-0.3, -0.25) is 0 Å². The SMILES string of the molecule is CCC1NCCC1c1ccccc1C(F)(F)F. The topological polar surface area (TPSA) is 12.0 Å². The highest BCUT2D eigenvalue weighted by atomic mass is 19.4. The standard InChI is InChI=1S/C13H16F3N/c1-2-12-10(7-8-17-12)9-5-3-4-6-11(9)13(14,15)16/h3-6,10,12,17H,2,7-8H2,1H3. The van der Waals surface area contributed by atoms with Gasteiger partial charge in [0.25, 0.3) is 0 Å². The molecule has 1 heterocycles. The lowest BCUT2D eigenvalue weighted by molar-refractivity contribution is -0.138. The predicted molar refractivity (Wildman–Crippen MR) is 60.9 cm³/mol. The maximum Gasteiger partial charge on any atom is 0.416 e. The van der Waals surface area contributed by atoms with Crippen LogP contribution in [0.1, 0.15) is 36.8 Å². The molecule has 2 atom stereocenters. The first kappa shape index (κ1) is 12.4. The Bertz CT molecular complexity index is 386. The summed E-state index contributed by atoms with van der Waals surface area (Å²) in [5.74, 6) is -0.0159. The van der Waals surface area contributed by atoms with Crippen molar-refractivity contribution in [1.29, 1.82) is 0 Å². The van der Waals surface area contributed by atoms with Crippen LogP contribution in [0.3, 0.4) is 0 Å². The molecule has 0 aliphatic carbocycles. The molecule has 1 aliphatic rings. The number of nitrogens with one attached hydrogen (secondary N) is 1. The number of halogens is 3. The van der Waals surface area contributed by atoms with Gasteiger partial charge in [0.05, 0.1) is 5.56 Å². The Hall–Kier alpha value is -1.03. The van der Waals surface area contributed by atoms with E-state index < -0.39 is 11.7 Å². The molecule has 94 valence electrons. The van der Waals surface area contributed by atoms with E-state index in [1.54, 1.807) is 12.1 Å². The molecule has 0 radical (unpaired) electrons. The van der Waals surface area contributed by atoms with Gasteiger partial charge < -0.3 is 5.32 Å². The third kappa shape index (κ3) is 2.46. The smallest absolute Gasteiger partial charge is 0.313 e. The molecule has 0 saturated carbocycles. The Morgan fingerprint density at radius 2 is 2.00 bits per heavy atom. The van der Waals surface area contributed by atoms with Crippen LogP contribution in [-0.4, -0.2) is 12.6 Å². The highest BCUT2D eigenvalue weighted by molar-refractivity contribution is 5.34. The van der Waals surface area contributed by atoms with Gasteiger partial charge in [-0.25, -0.2) is 0 Å². The van der Waals surface area contributed by atoms with Crippen LogP contribution < -0.4 is 5.32 Å². The Morgan fingerprint density at radius 3 is 2.65 bits per heavy atom. The van der Waals surface area contributed by atoms with Crippen molar-refractivity contribution < 1.29 is 13.2 Å². The van der Waals surface area contributed by atoms with E-state index in [0.717, 1.165) is 19.4 Å². The van der Waals surface area contributed by atoms with E-state index in [2.05, 4.69) is 5.32 Å². The molecule has 2 unspecified atom stereocenters. The average Bonchev–Trinajstić information content (AvgIpc) is 2.75. The van der Waals surface area contributed by atoms with Gasteiger partial charge in [0, 0.05) is 12.0 Å². The summed E-state index contributed by atoms with van der Waals surface area (Å²) in [7, 11) is 0. The van der Waals surface area contributed by atoms with Crippen molar-refractivity contribution in [2.45, 2.75) is 37.9 Å². The Labute approximate surface area is 99.0 Å². The van der Waals surface area contributed by atoms with Crippen LogP contribution in [0.15, 0.2) is 24.3 Å². The summed E-state index contributed by atoms with van der Waals surface area (Å²) < 4.78 is 38.7. The molecule has 4 heteroatoms. The summed E-state index contributed by atoms with van der Waals surface area (Å²) in [6.45, 7) is 2.81. The molecule has 1 fully saturated rings. The molecule has 1 aromatic rings. The number of benzene rings is 1. The molecule has 1 saturated heterocycles. The van der Waals surface area contributed by atoms with Gasteiger partial charge in [0.15, 0.2) is 0 Å². The second-order valence-electron chi connectivity index (χ2n) is 4.45. The van der Waals surface area contributed by atoms with Crippen molar-refractivity contribution in [2.24, 2.45) is 0 Å². The molecule has 1 nitrogen and oxygen atoms in total. The lowest BCUT2D eigenvalue weighted by atomic mass is 9.87. The summed E-state index contributed by atoms with van der Waals surface area (Å²) in [4.78, 5) is 0. The number of alkyl halides is 3. The van der Waals surface area contributed by atoms with Crippen molar-refractivity contribution in [3.8, 4) is 0 Å². The Morgan fingerprint density at radius 1 is 1.29 bits per heavy atom. The Kier molecular flexibility index (Phi) is 3.43. The van der Waals surface area contributed by atoms with Crippen LogP contribution >= 0.6 is 0 Å². The summed E-state index contributed by atoms with van der Waals surface area (Å²) in [6, 6.07) is 6.10. The second-order valence-corrected chi connectivity index (χ2v) is 4.45. The largest absolute Gasteiger partial charge is 0.416 e. The molecule has 1 aromatic carbocycles.